The van der Waals surface area contributed by atoms with Crippen molar-refractivity contribution in [1.82, 2.24) is 24.4 Å². The fourth-order valence-corrected chi connectivity index (χ4v) is 17.0. The van der Waals surface area contributed by atoms with Crippen LogP contribution in [-0.2, 0) is 25.1 Å². The molecule has 4 aromatic carbocycles. The molecule has 0 bridgehead atoms. The summed E-state index contributed by atoms with van der Waals surface area (Å²) in [6, 6.07) is 41.9. The topological polar surface area (TPSA) is 121 Å². The van der Waals surface area contributed by atoms with Gasteiger partial charge in [-0.1, -0.05) is 169 Å². The van der Waals surface area contributed by atoms with Gasteiger partial charge in [-0.25, -0.2) is 19.5 Å². The van der Waals surface area contributed by atoms with E-state index in [1.165, 1.54) is 17.1 Å². The number of esters is 1. The molecule has 0 spiro atoms. The number of carbonyl (C=O) groups is 1. The predicted molar refractivity (Wildman–Crippen MR) is 262 cm³/mol. The Bertz CT molecular complexity index is 2600. The SMILES string of the molecule is CN(C)/C=N/c1nc2ncc(C#CC(CO[Si](c3ccccc3)(c3ccccc3)C(C)(C)C)O[Si](c3ccccc3)(c3ccccc3)C(C)(C)C)nc2c(=O)n1COC(=O)C(C)(C)C. The van der Waals surface area contributed by atoms with Crippen LogP contribution in [0.5, 0.6) is 0 Å². The van der Waals surface area contributed by atoms with Gasteiger partial charge in [-0.05, 0) is 57.5 Å². The molecule has 1 unspecified atom stereocenters. The predicted octanol–water partition coefficient (Wildman–Crippen LogP) is 6.83. The normalized spacial score (nSPS) is 13.0. The van der Waals surface area contributed by atoms with Crippen LogP contribution in [0, 0.1) is 17.3 Å². The maximum atomic E-state index is 14.2. The second-order valence-electron chi connectivity index (χ2n) is 19.1. The lowest BCUT2D eigenvalue weighted by Crippen LogP contribution is -2.69. The summed E-state index contributed by atoms with van der Waals surface area (Å²) in [7, 11) is -2.66. The first-order valence-electron chi connectivity index (χ1n) is 21.5. The van der Waals surface area contributed by atoms with Crippen LogP contribution in [-0.4, -0.2) is 80.2 Å². The molecule has 13 heteroatoms. The van der Waals surface area contributed by atoms with Gasteiger partial charge in [-0.3, -0.25) is 9.59 Å². The maximum absolute atomic E-state index is 14.2. The molecule has 0 aliphatic carbocycles. The van der Waals surface area contributed by atoms with E-state index in [1.807, 2.05) is 24.3 Å². The fraction of sp³-hybridized carbons (Fsp3) is 0.333. The minimum absolute atomic E-state index is 0.0142. The van der Waals surface area contributed by atoms with Crippen molar-refractivity contribution in [2.45, 2.75) is 85.2 Å². The molecular formula is C51H60N6O5Si2. The van der Waals surface area contributed by atoms with E-state index in [0.717, 1.165) is 20.7 Å². The summed E-state index contributed by atoms with van der Waals surface area (Å²) in [6.45, 7) is 18.4. The summed E-state index contributed by atoms with van der Waals surface area (Å²) in [5, 5.41) is 3.80. The van der Waals surface area contributed by atoms with Gasteiger partial charge in [-0.15, -0.1) is 0 Å². The Labute approximate surface area is 379 Å². The lowest BCUT2D eigenvalue weighted by molar-refractivity contribution is -0.157. The summed E-state index contributed by atoms with van der Waals surface area (Å²) in [5.41, 5.74) is -1.11. The molecule has 0 fully saturated rings. The number of aromatic nitrogens is 4. The second kappa shape index (κ2) is 19.4. The second-order valence-corrected chi connectivity index (χ2v) is 27.7. The van der Waals surface area contributed by atoms with Crippen LogP contribution in [0.2, 0.25) is 10.1 Å². The van der Waals surface area contributed by atoms with E-state index >= 15 is 0 Å². The number of hydrogen-bond donors (Lipinski definition) is 0. The molecule has 2 heterocycles. The van der Waals surface area contributed by atoms with E-state index in [1.54, 1.807) is 39.8 Å². The Hall–Kier alpha value is -6.05. The molecule has 64 heavy (non-hydrogen) atoms. The van der Waals surface area contributed by atoms with E-state index < -0.39 is 46.4 Å². The quantitative estimate of drug-likeness (QED) is 0.0404. The van der Waals surface area contributed by atoms with Crippen molar-refractivity contribution < 1.29 is 18.4 Å². The van der Waals surface area contributed by atoms with Crippen molar-refractivity contribution in [2.75, 3.05) is 20.7 Å². The molecule has 11 nitrogen and oxygen atoms in total. The summed E-state index contributed by atoms with van der Waals surface area (Å²) in [5.74, 6) is 6.24. The Morgan fingerprint density at radius 2 is 1.20 bits per heavy atom. The molecule has 0 radical (unpaired) electrons. The molecule has 0 saturated heterocycles. The minimum atomic E-state index is -3.19. The molecule has 1 atom stereocenters. The number of aliphatic imine (C=N–C) groups is 1. The van der Waals surface area contributed by atoms with Gasteiger partial charge in [0.25, 0.3) is 22.2 Å². The molecule has 0 N–H and O–H groups in total. The van der Waals surface area contributed by atoms with E-state index in [-0.39, 0.29) is 39.5 Å². The summed E-state index contributed by atoms with van der Waals surface area (Å²) in [6.07, 6.45) is 2.22. The Balaban J connectivity index is 1.54. The number of carbonyl (C=O) groups excluding carboxylic acids is 1. The lowest BCUT2D eigenvalue weighted by atomic mass is 9.98. The zero-order valence-electron chi connectivity index (χ0n) is 38.9. The maximum Gasteiger partial charge on any atom is 0.312 e. The molecule has 0 aliphatic rings. The average molecular weight is 893 g/mol. The van der Waals surface area contributed by atoms with Crippen LogP contribution in [0.25, 0.3) is 11.2 Å². The third-order valence-corrected chi connectivity index (χ3v) is 21.0. The molecule has 2 aromatic heterocycles. The van der Waals surface area contributed by atoms with Gasteiger partial charge in [0, 0.05) is 14.1 Å². The Morgan fingerprint density at radius 3 is 1.64 bits per heavy atom. The monoisotopic (exact) mass is 892 g/mol. The van der Waals surface area contributed by atoms with Gasteiger partial charge in [0.05, 0.1) is 24.6 Å². The van der Waals surface area contributed by atoms with Crippen molar-refractivity contribution in [2.24, 2.45) is 10.4 Å². The molecule has 6 rings (SSSR count). The summed E-state index contributed by atoms with van der Waals surface area (Å²) < 4.78 is 22.0. The molecule has 6 aromatic rings. The number of benzene rings is 4. The lowest BCUT2D eigenvalue weighted by Gasteiger charge is -2.46. The van der Waals surface area contributed by atoms with Crippen molar-refractivity contribution in [3.63, 3.8) is 0 Å². The first-order chi connectivity index (χ1) is 30.3. The highest BCUT2D eigenvalue weighted by Crippen LogP contribution is 2.39. The minimum Gasteiger partial charge on any atom is -0.443 e. The highest BCUT2D eigenvalue weighted by molar-refractivity contribution is 7.00. The summed E-state index contributed by atoms with van der Waals surface area (Å²) in [4.78, 5) is 46.9. The third-order valence-electron chi connectivity index (χ3n) is 11.0. The zero-order chi connectivity index (χ0) is 46.3. The number of nitrogens with zero attached hydrogens (tertiary/aromatic N) is 6. The smallest absolute Gasteiger partial charge is 0.312 e. The van der Waals surface area contributed by atoms with E-state index in [2.05, 4.69) is 165 Å². The van der Waals surface area contributed by atoms with E-state index in [0.29, 0.717) is 0 Å². The van der Waals surface area contributed by atoms with Gasteiger partial charge >= 0.3 is 5.97 Å². The number of hydrogen-bond acceptors (Lipinski definition) is 9. The van der Waals surface area contributed by atoms with Crippen molar-refractivity contribution in [3.8, 4) is 11.8 Å². The van der Waals surface area contributed by atoms with Crippen molar-refractivity contribution >= 4 is 66.8 Å². The standard InChI is InChI=1S/C51H60N6O5Si2/c1-49(2,3)47(59)60-37-57-46(58)44-45(55-48(57)53-36-56(10)11)52-34-38(54-44)32-33-39(62-64(51(7,8)9,42-28-20-14-21-29-42)43-30-22-15-23-31-43)35-61-63(50(4,5)6,40-24-16-12-17-25-40)41-26-18-13-19-27-41/h12-31,34,36,39H,35,37H2,1-11H3/b53-36+. The van der Waals surface area contributed by atoms with Gasteiger partial charge in [0.1, 0.15) is 11.8 Å². The van der Waals surface area contributed by atoms with Gasteiger partial charge in [-0.2, -0.15) is 4.98 Å². The zero-order valence-corrected chi connectivity index (χ0v) is 40.9. The van der Waals surface area contributed by atoms with E-state index in [4.69, 9.17) is 18.6 Å². The van der Waals surface area contributed by atoms with E-state index in [9.17, 15) is 9.59 Å². The molecule has 0 amide bonds. The average Bonchev–Trinajstić information content (AvgIpc) is 3.26. The highest BCUT2D eigenvalue weighted by atomic mass is 28.4. The fourth-order valence-electron chi connectivity index (χ4n) is 7.89. The van der Waals surface area contributed by atoms with Crippen LogP contribution >= 0.6 is 0 Å². The van der Waals surface area contributed by atoms with Crippen LogP contribution in [0.4, 0.5) is 5.95 Å². The van der Waals surface area contributed by atoms with Crippen LogP contribution < -0.4 is 26.3 Å². The molecular weight excluding hydrogens is 833 g/mol. The van der Waals surface area contributed by atoms with Crippen LogP contribution in [0.15, 0.2) is 137 Å². The van der Waals surface area contributed by atoms with Gasteiger partial charge in [0.15, 0.2) is 17.9 Å². The Morgan fingerprint density at radius 1 is 0.734 bits per heavy atom. The third kappa shape index (κ3) is 10.2. The van der Waals surface area contributed by atoms with Gasteiger partial charge < -0.3 is 18.5 Å². The molecule has 332 valence electrons. The number of ether oxygens (including phenoxy) is 1. The highest BCUT2D eigenvalue weighted by Gasteiger charge is 2.53. The largest absolute Gasteiger partial charge is 0.443 e. The van der Waals surface area contributed by atoms with Gasteiger partial charge in [0.2, 0.25) is 5.95 Å². The molecule has 0 aliphatic heterocycles. The van der Waals surface area contributed by atoms with Crippen LogP contribution in [0.1, 0.15) is 68.0 Å². The Kier molecular flexibility index (Phi) is 14.4. The number of fused-ring (bicyclic) bond motifs is 1. The summed E-state index contributed by atoms with van der Waals surface area (Å²) >= 11 is 0. The van der Waals surface area contributed by atoms with Crippen molar-refractivity contribution in [3.05, 3.63) is 144 Å². The number of rotatable bonds is 13. The molecule has 0 saturated carbocycles. The first kappa shape index (κ1) is 47.4. The van der Waals surface area contributed by atoms with Crippen LogP contribution in [0.3, 0.4) is 0 Å². The van der Waals surface area contributed by atoms with Crippen molar-refractivity contribution in [1.29, 1.82) is 0 Å². The first-order valence-corrected chi connectivity index (χ1v) is 25.3.